The van der Waals surface area contributed by atoms with Crippen molar-refractivity contribution in [1.29, 1.82) is 0 Å². The van der Waals surface area contributed by atoms with Crippen LogP contribution < -0.4 is 10.0 Å². The van der Waals surface area contributed by atoms with Crippen LogP contribution in [0.5, 0.6) is 0 Å². The number of nitrogens with one attached hydrogen (secondary N) is 2. The van der Waals surface area contributed by atoms with Gasteiger partial charge in [0.15, 0.2) is 0 Å². The quantitative estimate of drug-likeness (QED) is 0.741. The number of ether oxygens (including phenoxy) is 2. The molecule has 0 spiro atoms. The Morgan fingerprint density at radius 3 is 2.50 bits per heavy atom. The molecule has 0 saturated carbocycles. The third-order valence-electron chi connectivity index (χ3n) is 3.90. The fraction of sp³-hybridized carbons (Fsp3) is 0.600. The molecule has 7 heteroatoms. The molecule has 0 amide bonds. The fourth-order valence-corrected chi connectivity index (χ4v) is 3.85. The smallest absolute Gasteiger partial charge is 0.240 e. The second kappa shape index (κ2) is 7.52. The number of rotatable bonds is 8. The molecule has 0 aliphatic carbocycles. The summed E-state index contributed by atoms with van der Waals surface area (Å²) in [6.45, 7) is 2.16. The molecule has 1 atom stereocenters. The van der Waals surface area contributed by atoms with Crippen molar-refractivity contribution >= 4 is 10.0 Å². The van der Waals surface area contributed by atoms with E-state index in [0.717, 1.165) is 24.9 Å². The fourth-order valence-electron chi connectivity index (χ4n) is 2.72. The van der Waals surface area contributed by atoms with Crippen molar-refractivity contribution < 1.29 is 17.9 Å². The number of benzene rings is 1. The summed E-state index contributed by atoms with van der Waals surface area (Å²) in [7, 11) is -0.285. The number of hydrogen-bond donors (Lipinski definition) is 2. The van der Waals surface area contributed by atoms with E-state index < -0.39 is 10.0 Å². The molecule has 1 aromatic rings. The molecule has 0 bridgehead atoms. The Bertz CT molecular complexity index is 566. The van der Waals surface area contributed by atoms with Crippen LogP contribution in [0.1, 0.15) is 18.4 Å². The summed E-state index contributed by atoms with van der Waals surface area (Å²) in [5.41, 5.74) is 0.632. The first-order chi connectivity index (χ1) is 10.5. The first-order valence-corrected chi connectivity index (χ1v) is 8.81. The standard InChI is InChI=1S/C15H24N2O4S/c1-20-10-13-4-6-14(7-5-13)22(18,19)17-11-15(12-21-2)8-3-9-16-15/h4-7,16-17H,3,8-12H2,1-2H3. The molecule has 1 heterocycles. The molecule has 1 fully saturated rings. The molecule has 0 aromatic heterocycles. The summed E-state index contributed by atoms with van der Waals surface area (Å²) in [6.07, 6.45) is 1.92. The molecule has 22 heavy (non-hydrogen) atoms. The maximum Gasteiger partial charge on any atom is 0.240 e. The predicted octanol–water partition coefficient (Wildman–Crippen LogP) is 0.880. The van der Waals surface area contributed by atoms with Crippen molar-refractivity contribution in [3.63, 3.8) is 0 Å². The number of hydrogen-bond acceptors (Lipinski definition) is 5. The largest absolute Gasteiger partial charge is 0.383 e. The van der Waals surface area contributed by atoms with Crippen LogP contribution in [-0.2, 0) is 26.1 Å². The van der Waals surface area contributed by atoms with Gasteiger partial charge in [-0.25, -0.2) is 13.1 Å². The van der Waals surface area contributed by atoms with Crippen molar-refractivity contribution in [2.75, 3.05) is 33.9 Å². The maximum atomic E-state index is 12.4. The zero-order valence-electron chi connectivity index (χ0n) is 13.1. The Labute approximate surface area is 132 Å². The lowest BCUT2D eigenvalue weighted by molar-refractivity contribution is 0.122. The van der Waals surface area contributed by atoms with Gasteiger partial charge in [-0.1, -0.05) is 12.1 Å². The van der Waals surface area contributed by atoms with Crippen LogP contribution in [-0.4, -0.2) is 47.9 Å². The van der Waals surface area contributed by atoms with Gasteiger partial charge in [0.25, 0.3) is 0 Å². The van der Waals surface area contributed by atoms with E-state index in [1.807, 2.05) is 0 Å². The van der Waals surface area contributed by atoms with Crippen molar-refractivity contribution in [3.05, 3.63) is 29.8 Å². The van der Waals surface area contributed by atoms with Gasteiger partial charge in [-0.2, -0.15) is 0 Å². The van der Waals surface area contributed by atoms with Crippen LogP contribution in [0.25, 0.3) is 0 Å². The molecule has 124 valence electrons. The minimum atomic E-state index is -3.52. The van der Waals surface area contributed by atoms with Gasteiger partial charge < -0.3 is 14.8 Å². The first-order valence-electron chi connectivity index (χ1n) is 7.33. The maximum absolute atomic E-state index is 12.4. The molecule has 6 nitrogen and oxygen atoms in total. The number of methoxy groups -OCH3 is 2. The zero-order valence-corrected chi connectivity index (χ0v) is 13.9. The van der Waals surface area contributed by atoms with Crippen LogP contribution in [0.3, 0.4) is 0 Å². The average Bonchev–Trinajstić information content (AvgIpc) is 2.96. The summed E-state index contributed by atoms with van der Waals surface area (Å²) >= 11 is 0. The van der Waals surface area contributed by atoms with Gasteiger partial charge in [0.1, 0.15) is 0 Å². The van der Waals surface area contributed by atoms with E-state index >= 15 is 0 Å². The van der Waals surface area contributed by atoms with Crippen molar-refractivity contribution in [2.45, 2.75) is 29.9 Å². The van der Waals surface area contributed by atoms with E-state index in [0.29, 0.717) is 19.8 Å². The molecule has 2 rings (SSSR count). The number of sulfonamides is 1. The highest BCUT2D eigenvalue weighted by atomic mass is 32.2. The third kappa shape index (κ3) is 4.27. The van der Waals surface area contributed by atoms with Crippen LogP contribution in [0, 0.1) is 0 Å². The van der Waals surface area contributed by atoms with Crippen LogP contribution in [0.2, 0.25) is 0 Å². The second-order valence-corrected chi connectivity index (χ2v) is 7.41. The SMILES string of the molecule is COCc1ccc(S(=O)(=O)NCC2(COC)CCCN2)cc1. The summed E-state index contributed by atoms with van der Waals surface area (Å²) in [4.78, 5) is 0.262. The molecule has 1 aliphatic rings. The molecular formula is C15H24N2O4S. The van der Waals surface area contributed by atoms with E-state index in [1.54, 1.807) is 38.5 Å². The normalized spacial score (nSPS) is 22.1. The molecule has 1 unspecified atom stereocenters. The van der Waals surface area contributed by atoms with Crippen molar-refractivity contribution in [3.8, 4) is 0 Å². The van der Waals surface area contributed by atoms with E-state index in [-0.39, 0.29) is 10.4 Å². The van der Waals surface area contributed by atoms with Crippen molar-refractivity contribution in [1.82, 2.24) is 10.0 Å². The summed E-state index contributed by atoms with van der Waals surface area (Å²) in [5, 5.41) is 3.35. The zero-order chi connectivity index (χ0) is 16.1. The van der Waals surface area contributed by atoms with E-state index in [2.05, 4.69) is 10.0 Å². The molecule has 1 saturated heterocycles. The minimum absolute atomic E-state index is 0.262. The van der Waals surface area contributed by atoms with Gasteiger partial charge in [-0.3, -0.25) is 0 Å². The van der Waals surface area contributed by atoms with Gasteiger partial charge in [-0.05, 0) is 37.1 Å². The Morgan fingerprint density at radius 2 is 1.95 bits per heavy atom. The van der Waals surface area contributed by atoms with Gasteiger partial charge >= 0.3 is 0 Å². The Hall–Kier alpha value is -0.990. The Kier molecular flexibility index (Phi) is 5.94. The van der Waals surface area contributed by atoms with Crippen LogP contribution >= 0.6 is 0 Å². The molecule has 1 aliphatic heterocycles. The topological polar surface area (TPSA) is 76.7 Å². The van der Waals surface area contributed by atoms with Crippen LogP contribution in [0.15, 0.2) is 29.2 Å². The molecule has 2 N–H and O–H groups in total. The van der Waals surface area contributed by atoms with Crippen molar-refractivity contribution in [2.24, 2.45) is 0 Å². The monoisotopic (exact) mass is 328 g/mol. The van der Waals surface area contributed by atoms with Gasteiger partial charge in [0.2, 0.25) is 10.0 Å². The predicted molar refractivity (Wildman–Crippen MR) is 84.2 cm³/mol. The van der Waals surface area contributed by atoms with Gasteiger partial charge in [-0.15, -0.1) is 0 Å². The third-order valence-corrected chi connectivity index (χ3v) is 5.32. The van der Waals surface area contributed by atoms with Crippen LogP contribution in [0.4, 0.5) is 0 Å². The molecule has 1 aromatic carbocycles. The Balaban J connectivity index is 2.03. The average molecular weight is 328 g/mol. The first kappa shape index (κ1) is 17.4. The van der Waals surface area contributed by atoms with Gasteiger partial charge in [0, 0.05) is 20.8 Å². The second-order valence-electron chi connectivity index (χ2n) is 5.65. The van der Waals surface area contributed by atoms with E-state index in [1.165, 1.54) is 0 Å². The lowest BCUT2D eigenvalue weighted by Crippen LogP contribution is -2.52. The summed E-state index contributed by atoms with van der Waals surface area (Å²) in [5.74, 6) is 0. The minimum Gasteiger partial charge on any atom is -0.383 e. The lowest BCUT2D eigenvalue weighted by atomic mass is 9.99. The van der Waals surface area contributed by atoms with Gasteiger partial charge in [0.05, 0.1) is 23.6 Å². The van der Waals surface area contributed by atoms with E-state index in [4.69, 9.17) is 9.47 Å². The molecular weight excluding hydrogens is 304 g/mol. The Morgan fingerprint density at radius 1 is 1.23 bits per heavy atom. The highest BCUT2D eigenvalue weighted by Crippen LogP contribution is 2.20. The highest BCUT2D eigenvalue weighted by Gasteiger charge is 2.34. The summed E-state index contributed by atoms with van der Waals surface area (Å²) < 4.78 is 37.7. The lowest BCUT2D eigenvalue weighted by Gasteiger charge is -2.28. The molecule has 0 radical (unpaired) electrons. The highest BCUT2D eigenvalue weighted by molar-refractivity contribution is 7.89. The summed E-state index contributed by atoms with van der Waals surface area (Å²) in [6, 6.07) is 6.72. The van der Waals surface area contributed by atoms with E-state index in [9.17, 15) is 8.42 Å².